The number of nitrogens with zero attached hydrogens (tertiary/aromatic N) is 1. The van der Waals surface area contributed by atoms with Gasteiger partial charge in [0.2, 0.25) is 11.8 Å². The number of rotatable bonds is 5. The van der Waals surface area contributed by atoms with Gasteiger partial charge in [-0.25, -0.2) is 4.79 Å². The molecule has 1 unspecified atom stereocenters. The highest BCUT2D eigenvalue weighted by atomic mass is 16.2. The fourth-order valence-electron chi connectivity index (χ4n) is 1.84. The van der Waals surface area contributed by atoms with Crippen molar-refractivity contribution in [2.45, 2.75) is 33.1 Å². The maximum absolute atomic E-state index is 12.2. The molecule has 0 aliphatic carbocycles. The molecule has 5 heteroatoms. The Kier molecular flexibility index (Phi) is 4.04. The normalized spacial score (nSPS) is 24.8. The van der Waals surface area contributed by atoms with Crippen LogP contribution in [-0.2, 0) is 9.59 Å². The zero-order valence-electron chi connectivity index (χ0n) is 10.3. The van der Waals surface area contributed by atoms with Gasteiger partial charge in [-0.05, 0) is 13.3 Å². The molecule has 1 fully saturated rings. The third-order valence-electron chi connectivity index (χ3n) is 3.03. The highest BCUT2D eigenvalue weighted by Gasteiger charge is 2.49. The second-order valence-electron chi connectivity index (χ2n) is 4.40. The number of carbonyl (C=O) groups is 3. The molecule has 1 N–H and O–H groups in total. The first-order valence-corrected chi connectivity index (χ1v) is 5.75. The summed E-state index contributed by atoms with van der Waals surface area (Å²) in [7, 11) is 0. The molecule has 0 aromatic heterocycles. The van der Waals surface area contributed by atoms with Crippen LogP contribution in [0, 0.1) is 5.41 Å². The van der Waals surface area contributed by atoms with Crippen molar-refractivity contribution in [3.63, 3.8) is 0 Å². The number of amides is 4. The molecule has 1 heterocycles. The monoisotopic (exact) mass is 238 g/mol. The average molecular weight is 238 g/mol. The van der Waals surface area contributed by atoms with Crippen LogP contribution in [-0.4, -0.2) is 29.3 Å². The Hall–Kier alpha value is -1.65. The lowest BCUT2D eigenvalue weighted by molar-refractivity contribution is -0.150. The number of hydrogen-bond donors (Lipinski definition) is 1. The van der Waals surface area contributed by atoms with Gasteiger partial charge < -0.3 is 0 Å². The molecule has 1 aliphatic heterocycles. The van der Waals surface area contributed by atoms with Crippen molar-refractivity contribution in [1.29, 1.82) is 0 Å². The average Bonchev–Trinajstić information content (AvgIpc) is 2.30. The largest absolute Gasteiger partial charge is 0.331 e. The second kappa shape index (κ2) is 5.12. The maximum Gasteiger partial charge on any atom is 0.331 e. The smallest absolute Gasteiger partial charge is 0.277 e. The van der Waals surface area contributed by atoms with Gasteiger partial charge in [0, 0.05) is 6.54 Å². The minimum atomic E-state index is -1.13. The topological polar surface area (TPSA) is 66.5 Å². The highest BCUT2D eigenvalue weighted by molar-refractivity contribution is 6.18. The summed E-state index contributed by atoms with van der Waals surface area (Å²) in [6.07, 6.45) is 3.58. The minimum absolute atomic E-state index is 0.125. The van der Waals surface area contributed by atoms with E-state index in [1.807, 2.05) is 6.92 Å². The van der Waals surface area contributed by atoms with Gasteiger partial charge in [-0.1, -0.05) is 25.8 Å². The lowest BCUT2D eigenvalue weighted by Crippen LogP contribution is -2.62. The fraction of sp³-hybridized carbons (Fsp3) is 0.583. The van der Waals surface area contributed by atoms with E-state index in [1.165, 1.54) is 6.08 Å². The van der Waals surface area contributed by atoms with Crippen molar-refractivity contribution >= 4 is 17.8 Å². The predicted octanol–water partition coefficient (Wildman–Crippen LogP) is 1.45. The minimum Gasteiger partial charge on any atom is -0.277 e. The lowest BCUT2D eigenvalue weighted by atomic mass is 9.81. The van der Waals surface area contributed by atoms with Crippen molar-refractivity contribution in [2.75, 3.05) is 6.54 Å². The predicted molar refractivity (Wildman–Crippen MR) is 63.1 cm³/mol. The van der Waals surface area contributed by atoms with Crippen LogP contribution in [0.1, 0.15) is 33.1 Å². The van der Waals surface area contributed by atoms with Crippen molar-refractivity contribution in [2.24, 2.45) is 5.41 Å². The van der Waals surface area contributed by atoms with Gasteiger partial charge in [0.15, 0.2) is 0 Å². The first-order chi connectivity index (χ1) is 7.97. The van der Waals surface area contributed by atoms with Gasteiger partial charge in [0.05, 0.1) is 0 Å². The second-order valence-corrected chi connectivity index (χ2v) is 4.40. The number of urea groups is 1. The van der Waals surface area contributed by atoms with E-state index >= 15 is 0 Å². The Labute approximate surface area is 101 Å². The van der Waals surface area contributed by atoms with Gasteiger partial charge in [-0.3, -0.25) is 19.8 Å². The van der Waals surface area contributed by atoms with Crippen molar-refractivity contribution < 1.29 is 14.4 Å². The molecule has 5 nitrogen and oxygen atoms in total. The van der Waals surface area contributed by atoms with E-state index < -0.39 is 23.3 Å². The standard InChI is InChI=1S/C12H18N2O3/c1-4-6-7-12(3)9(15)13-11(17)14(8-5-2)10(12)16/h5H,2,4,6-8H2,1,3H3,(H,13,15,17). The molecule has 94 valence electrons. The van der Waals surface area contributed by atoms with Crippen LogP contribution < -0.4 is 5.32 Å². The van der Waals surface area contributed by atoms with Gasteiger partial charge in [-0.2, -0.15) is 0 Å². The van der Waals surface area contributed by atoms with Crippen molar-refractivity contribution in [1.82, 2.24) is 10.2 Å². The summed E-state index contributed by atoms with van der Waals surface area (Å²) in [6.45, 7) is 7.19. The molecule has 0 aromatic carbocycles. The molecule has 1 aliphatic rings. The molecular formula is C12H18N2O3. The van der Waals surface area contributed by atoms with E-state index in [2.05, 4.69) is 11.9 Å². The summed E-state index contributed by atoms with van der Waals surface area (Å²) < 4.78 is 0. The van der Waals surface area contributed by atoms with Gasteiger partial charge in [0.1, 0.15) is 5.41 Å². The highest BCUT2D eigenvalue weighted by Crippen LogP contribution is 2.30. The molecule has 17 heavy (non-hydrogen) atoms. The first-order valence-electron chi connectivity index (χ1n) is 5.75. The van der Waals surface area contributed by atoms with Crippen LogP contribution in [0.15, 0.2) is 12.7 Å². The van der Waals surface area contributed by atoms with Crippen molar-refractivity contribution in [3.8, 4) is 0 Å². The molecule has 0 saturated carbocycles. The molecule has 0 aromatic rings. The summed E-state index contributed by atoms with van der Waals surface area (Å²) in [6, 6.07) is -0.658. The number of nitrogens with one attached hydrogen (secondary N) is 1. The maximum atomic E-state index is 12.2. The van der Waals surface area contributed by atoms with Crippen LogP contribution >= 0.6 is 0 Å². The van der Waals surface area contributed by atoms with E-state index in [0.717, 1.165) is 17.7 Å². The Morgan fingerprint density at radius 2 is 2.06 bits per heavy atom. The number of hydrogen-bond acceptors (Lipinski definition) is 3. The van der Waals surface area contributed by atoms with Crippen LogP contribution in [0.3, 0.4) is 0 Å². The summed E-state index contributed by atoms with van der Waals surface area (Å²) >= 11 is 0. The Morgan fingerprint density at radius 3 is 2.59 bits per heavy atom. The third-order valence-corrected chi connectivity index (χ3v) is 3.03. The Morgan fingerprint density at radius 1 is 1.41 bits per heavy atom. The summed E-state index contributed by atoms with van der Waals surface area (Å²) in [4.78, 5) is 36.5. The van der Waals surface area contributed by atoms with Crippen LogP contribution in [0.4, 0.5) is 4.79 Å². The van der Waals surface area contributed by atoms with Gasteiger partial charge in [-0.15, -0.1) is 6.58 Å². The first kappa shape index (κ1) is 13.4. The van der Waals surface area contributed by atoms with Crippen LogP contribution in [0.5, 0.6) is 0 Å². The molecule has 0 spiro atoms. The van der Waals surface area contributed by atoms with E-state index in [0.29, 0.717) is 6.42 Å². The molecule has 4 amide bonds. The third kappa shape index (κ3) is 2.38. The zero-order chi connectivity index (χ0) is 13.1. The van der Waals surface area contributed by atoms with Crippen molar-refractivity contribution in [3.05, 3.63) is 12.7 Å². The number of imide groups is 2. The van der Waals surface area contributed by atoms with E-state index in [4.69, 9.17) is 0 Å². The Bertz CT molecular complexity index is 365. The molecule has 0 radical (unpaired) electrons. The van der Waals surface area contributed by atoms with Gasteiger partial charge >= 0.3 is 6.03 Å². The van der Waals surface area contributed by atoms with E-state index in [-0.39, 0.29) is 6.54 Å². The summed E-state index contributed by atoms with van der Waals surface area (Å²) in [5.74, 6) is -0.930. The Balaban J connectivity index is 2.96. The molecule has 0 bridgehead atoms. The molecule has 1 saturated heterocycles. The van der Waals surface area contributed by atoms with Gasteiger partial charge in [0.25, 0.3) is 0 Å². The molecule has 1 atom stereocenters. The number of unbranched alkanes of at least 4 members (excludes halogenated alkanes) is 1. The van der Waals surface area contributed by atoms with E-state index in [1.54, 1.807) is 6.92 Å². The SMILES string of the molecule is C=CCN1C(=O)NC(=O)C(C)(CCCC)C1=O. The molecular weight excluding hydrogens is 220 g/mol. The summed E-state index contributed by atoms with van der Waals surface area (Å²) in [5.41, 5.74) is -1.13. The number of carbonyl (C=O) groups excluding carboxylic acids is 3. The number of barbiturate groups is 1. The quantitative estimate of drug-likeness (QED) is 0.582. The summed E-state index contributed by atoms with van der Waals surface area (Å²) in [5, 5.41) is 2.22. The lowest BCUT2D eigenvalue weighted by Gasteiger charge is -2.36. The van der Waals surface area contributed by atoms with Crippen LogP contribution in [0.2, 0.25) is 0 Å². The van der Waals surface area contributed by atoms with Crippen LogP contribution in [0.25, 0.3) is 0 Å². The fourth-order valence-corrected chi connectivity index (χ4v) is 1.84. The zero-order valence-corrected chi connectivity index (χ0v) is 10.3. The van der Waals surface area contributed by atoms with E-state index in [9.17, 15) is 14.4 Å². The molecule has 1 rings (SSSR count).